The monoisotopic (exact) mass is 219 g/mol. The lowest BCUT2D eigenvalue weighted by Crippen LogP contribution is -2.04. The quantitative estimate of drug-likeness (QED) is 0.625. The SMILES string of the molecule is C=CC(CC/C=C1\C/C(=C/CC)C=N1)OC. The average Bonchev–Trinajstić information content (AvgIpc) is 2.73. The fourth-order valence-electron chi connectivity index (χ4n) is 1.72. The van der Waals surface area contributed by atoms with Crippen LogP contribution in [0.25, 0.3) is 0 Å². The van der Waals surface area contributed by atoms with Crippen molar-refractivity contribution in [3.8, 4) is 0 Å². The summed E-state index contributed by atoms with van der Waals surface area (Å²) in [6, 6.07) is 0. The molecular formula is C14H21NO. The van der Waals surface area contributed by atoms with Gasteiger partial charge in [0.15, 0.2) is 0 Å². The molecule has 1 heterocycles. The first-order valence-corrected chi connectivity index (χ1v) is 5.87. The van der Waals surface area contributed by atoms with Gasteiger partial charge >= 0.3 is 0 Å². The van der Waals surface area contributed by atoms with E-state index in [2.05, 4.69) is 30.6 Å². The number of rotatable bonds is 6. The summed E-state index contributed by atoms with van der Waals surface area (Å²) in [5.41, 5.74) is 2.51. The molecule has 0 saturated carbocycles. The maximum Gasteiger partial charge on any atom is 0.0752 e. The highest BCUT2D eigenvalue weighted by Crippen LogP contribution is 2.19. The van der Waals surface area contributed by atoms with Crippen molar-refractivity contribution in [2.24, 2.45) is 4.99 Å². The molecule has 0 bridgehead atoms. The maximum atomic E-state index is 5.23. The third kappa shape index (κ3) is 4.15. The van der Waals surface area contributed by atoms with Gasteiger partial charge in [-0.15, -0.1) is 6.58 Å². The van der Waals surface area contributed by atoms with Crippen LogP contribution in [0.4, 0.5) is 0 Å². The number of methoxy groups -OCH3 is 1. The Labute approximate surface area is 98.4 Å². The van der Waals surface area contributed by atoms with Crippen LogP contribution in [-0.4, -0.2) is 19.4 Å². The molecule has 0 N–H and O–H groups in total. The minimum absolute atomic E-state index is 0.160. The Kier molecular flexibility index (Phi) is 5.79. The van der Waals surface area contributed by atoms with E-state index in [9.17, 15) is 0 Å². The molecular weight excluding hydrogens is 198 g/mol. The lowest BCUT2D eigenvalue weighted by molar-refractivity contribution is 0.135. The first-order chi connectivity index (χ1) is 7.80. The van der Waals surface area contributed by atoms with Gasteiger partial charge in [-0.1, -0.05) is 25.2 Å². The van der Waals surface area contributed by atoms with Gasteiger partial charge in [-0.05, 0) is 24.8 Å². The summed E-state index contributed by atoms with van der Waals surface area (Å²) in [5.74, 6) is 0. The first-order valence-electron chi connectivity index (χ1n) is 5.87. The van der Waals surface area contributed by atoms with Gasteiger partial charge < -0.3 is 4.74 Å². The van der Waals surface area contributed by atoms with E-state index >= 15 is 0 Å². The number of ether oxygens (including phenoxy) is 1. The number of hydrogen-bond acceptors (Lipinski definition) is 2. The van der Waals surface area contributed by atoms with E-state index in [1.54, 1.807) is 7.11 Å². The Morgan fingerprint density at radius 2 is 2.38 bits per heavy atom. The Hall–Kier alpha value is -1.15. The molecule has 1 unspecified atom stereocenters. The third-order valence-electron chi connectivity index (χ3n) is 2.64. The van der Waals surface area contributed by atoms with E-state index in [4.69, 9.17) is 4.74 Å². The van der Waals surface area contributed by atoms with Crippen LogP contribution < -0.4 is 0 Å². The largest absolute Gasteiger partial charge is 0.377 e. The fraction of sp³-hybridized carbons (Fsp3) is 0.500. The molecule has 0 radical (unpaired) electrons. The second-order valence-corrected chi connectivity index (χ2v) is 3.90. The summed E-state index contributed by atoms with van der Waals surface area (Å²) in [6.07, 6.45) is 12.4. The van der Waals surface area contributed by atoms with E-state index < -0.39 is 0 Å². The molecule has 1 aliphatic rings. The van der Waals surface area contributed by atoms with Crippen LogP contribution in [-0.2, 0) is 4.74 Å². The zero-order valence-corrected chi connectivity index (χ0v) is 10.3. The molecule has 16 heavy (non-hydrogen) atoms. The summed E-state index contributed by atoms with van der Waals surface area (Å²) in [6.45, 7) is 5.88. The molecule has 0 aliphatic carbocycles. The van der Waals surface area contributed by atoms with Crippen molar-refractivity contribution >= 4 is 6.21 Å². The normalized spacial score (nSPS) is 21.9. The van der Waals surface area contributed by atoms with Crippen LogP contribution in [0.3, 0.4) is 0 Å². The van der Waals surface area contributed by atoms with Crippen molar-refractivity contribution in [3.63, 3.8) is 0 Å². The smallest absolute Gasteiger partial charge is 0.0752 e. The second-order valence-electron chi connectivity index (χ2n) is 3.90. The standard InChI is InChI=1S/C14H21NO/c1-4-7-12-10-13(15-11-12)8-6-9-14(5-2)16-3/h5,7-8,11,14H,2,4,6,9-10H2,1,3H3/b12-7-,13-8+. The summed E-state index contributed by atoms with van der Waals surface area (Å²) < 4.78 is 5.23. The molecule has 0 amide bonds. The number of allylic oxidation sites excluding steroid dienone is 3. The molecule has 1 rings (SSSR count). The van der Waals surface area contributed by atoms with Crippen LogP contribution in [0.5, 0.6) is 0 Å². The van der Waals surface area contributed by atoms with Gasteiger partial charge in [0, 0.05) is 25.4 Å². The minimum Gasteiger partial charge on any atom is -0.377 e. The molecule has 0 aromatic rings. The van der Waals surface area contributed by atoms with Crippen molar-refractivity contribution in [2.75, 3.05) is 7.11 Å². The number of aliphatic imine (C=N–C) groups is 1. The van der Waals surface area contributed by atoms with Crippen LogP contribution in [0.15, 0.2) is 41.1 Å². The van der Waals surface area contributed by atoms with Gasteiger partial charge in [-0.2, -0.15) is 0 Å². The summed E-state index contributed by atoms with van der Waals surface area (Å²) >= 11 is 0. The van der Waals surface area contributed by atoms with Crippen LogP contribution in [0.2, 0.25) is 0 Å². The lowest BCUT2D eigenvalue weighted by atomic mass is 10.1. The zero-order valence-electron chi connectivity index (χ0n) is 10.3. The van der Waals surface area contributed by atoms with Gasteiger partial charge in [0.05, 0.1) is 6.10 Å². The Morgan fingerprint density at radius 3 is 3.00 bits per heavy atom. The van der Waals surface area contributed by atoms with Crippen molar-refractivity contribution < 1.29 is 4.74 Å². The van der Waals surface area contributed by atoms with E-state index in [1.807, 2.05) is 12.3 Å². The molecule has 88 valence electrons. The van der Waals surface area contributed by atoms with Gasteiger partial charge in [-0.3, -0.25) is 4.99 Å². The van der Waals surface area contributed by atoms with Gasteiger partial charge in [0.1, 0.15) is 0 Å². The summed E-state index contributed by atoms with van der Waals surface area (Å²) in [4.78, 5) is 4.39. The number of nitrogens with zero attached hydrogens (tertiary/aromatic N) is 1. The molecule has 1 atom stereocenters. The van der Waals surface area contributed by atoms with Gasteiger partial charge in [0.2, 0.25) is 0 Å². The first kappa shape index (κ1) is 12.9. The second kappa shape index (κ2) is 7.18. The van der Waals surface area contributed by atoms with Crippen molar-refractivity contribution in [1.82, 2.24) is 0 Å². The maximum absolute atomic E-state index is 5.23. The topological polar surface area (TPSA) is 21.6 Å². The third-order valence-corrected chi connectivity index (χ3v) is 2.64. The predicted molar refractivity (Wildman–Crippen MR) is 69.8 cm³/mol. The van der Waals surface area contributed by atoms with E-state index in [-0.39, 0.29) is 6.10 Å². The Balaban J connectivity index is 2.35. The molecule has 0 fully saturated rings. The van der Waals surface area contributed by atoms with Crippen molar-refractivity contribution in [2.45, 2.75) is 38.7 Å². The number of hydrogen-bond donors (Lipinski definition) is 0. The Morgan fingerprint density at radius 1 is 1.56 bits per heavy atom. The highest BCUT2D eigenvalue weighted by atomic mass is 16.5. The molecule has 0 aromatic heterocycles. The molecule has 2 nitrogen and oxygen atoms in total. The minimum atomic E-state index is 0.160. The van der Waals surface area contributed by atoms with E-state index in [0.717, 1.165) is 25.7 Å². The molecule has 0 aromatic carbocycles. The molecule has 2 heteroatoms. The van der Waals surface area contributed by atoms with Crippen molar-refractivity contribution in [1.29, 1.82) is 0 Å². The van der Waals surface area contributed by atoms with E-state index in [0.29, 0.717) is 0 Å². The summed E-state index contributed by atoms with van der Waals surface area (Å²) in [5, 5.41) is 0. The highest BCUT2D eigenvalue weighted by molar-refractivity contribution is 5.83. The van der Waals surface area contributed by atoms with Gasteiger partial charge in [0.25, 0.3) is 0 Å². The Bertz CT molecular complexity index is 313. The van der Waals surface area contributed by atoms with Crippen LogP contribution >= 0.6 is 0 Å². The lowest BCUT2D eigenvalue weighted by Gasteiger charge is -2.07. The van der Waals surface area contributed by atoms with Crippen LogP contribution in [0, 0.1) is 0 Å². The average molecular weight is 219 g/mol. The highest BCUT2D eigenvalue weighted by Gasteiger charge is 2.06. The zero-order chi connectivity index (χ0) is 11.8. The summed E-state index contributed by atoms with van der Waals surface area (Å²) in [7, 11) is 1.72. The predicted octanol–water partition coefficient (Wildman–Crippen LogP) is 3.66. The molecule has 1 aliphatic heterocycles. The molecule has 0 saturated heterocycles. The van der Waals surface area contributed by atoms with Crippen molar-refractivity contribution in [3.05, 3.63) is 36.1 Å². The van der Waals surface area contributed by atoms with Crippen LogP contribution in [0.1, 0.15) is 32.6 Å². The van der Waals surface area contributed by atoms with E-state index in [1.165, 1.54) is 11.3 Å². The van der Waals surface area contributed by atoms with Gasteiger partial charge in [-0.25, -0.2) is 0 Å². The molecule has 0 spiro atoms. The fourth-order valence-corrected chi connectivity index (χ4v) is 1.72.